The van der Waals surface area contributed by atoms with Gasteiger partial charge in [0.25, 0.3) is 11.7 Å². The molecular formula is C32H35ClN2O4. The highest BCUT2D eigenvalue weighted by molar-refractivity contribution is 6.51. The van der Waals surface area contributed by atoms with E-state index in [4.69, 9.17) is 16.3 Å². The van der Waals surface area contributed by atoms with Gasteiger partial charge in [0.1, 0.15) is 11.5 Å². The number of hydrogen-bond acceptors (Lipinski definition) is 5. The largest absolute Gasteiger partial charge is 0.507 e. The number of nitrogens with zero attached hydrogens (tertiary/aromatic N) is 2. The first-order chi connectivity index (χ1) is 18.7. The Morgan fingerprint density at radius 1 is 1.03 bits per heavy atom. The molecule has 1 saturated heterocycles. The van der Waals surface area contributed by atoms with Crippen LogP contribution < -0.4 is 14.5 Å². The van der Waals surface area contributed by atoms with E-state index >= 15 is 0 Å². The predicted molar refractivity (Wildman–Crippen MR) is 158 cm³/mol. The van der Waals surface area contributed by atoms with E-state index in [1.54, 1.807) is 42.5 Å². The first-order valence-electron chi connectivity index (χ1n) is 13.3. The summed E-state index contributed by atoms with van der Waals surface area (Å²) in [5, 5.41) is 12.0. The molecule has 1 aliphatic rings. The molecule has 7 heteroatoms. The van der Waals surface area contributed by atoms with Gasteiger partial charge in [0.2, 0.25) is 0 Å². The number of carbonyl (C=O) groups excluding carboxylic acids is 2. The number of amides is 1. The van der Waals surface area contributed by atoms with Crippen molar-refractivity contribution in [2.24, 2.45) is 5.92 Å². The second-order valence-electron chi connectivity index (χ2n) is 10.1. The predicted octanol–water partition coefficient (Wildman–Crippen LogP) is 7.16. The molecule has 0 saturated carbocycles. The van der Waals surface area contributed by atoms with Crippen LogP contribution in [0.25, 0.3) is 5.76 Å². The molecule has 0 aromatic heterocycles. The van der Waals surface area contributed by atoms with E-state index in [2.05, 4.69) is 32.6 Å². The van der Waals surface area contributed by atoms with Crippen LogP contribution >= 0.6 is 11.6 Å². The standard InChI is InChI=1S/C32H35ClN2O4/c1-6-34(7-2)25-14-11-22(12-15-25)29-28(31(37)32(38)35(29)26-10-8-9-24(33)18-26)30(36)23-13-16-27(21(5)17-23)39-19-20(3)4/h8-18,20,29,36H,6-7,19H2,1-5H3/b30-28+. The smallest absolute Gasteiger partial charge is 0.300 e. The second kappa shape index (κ2) is 12.0. The summed E-state index contributed by atoms with van der Waals surface area (Å²) in [6, 6.07) is 19.0. The van der Waals surface area contributed by atoms with E-state index in [0.717, 1.165) is 24.3 Å². The molecule has 3 aromatic rings. The van der Waals surface area contributed by atoms with Crippen LogP contribution in [-0.4, -0.2) is 36.5 Å². The number of rotatable bonds is 9. The summed E-state index contributed by atoms with van der Waals surface area (Å²) in [6.07, 6.45) is 0. The number of benzene rings is 3. The second-order valence-corrected chi connectivity index (χ2v) is 10.5. The molecule has 1 amide bonds. The first-order valence-corrected chi connectivity index (χ1v) is 13.7. The number of Topliss-reactive ketones (excluding diaryl/α,β-unsaturated/α-hetero) is 1. The van der Waals surface area contributed by atoms with Crippen molar-refractivity contribution in [3.05, 3.63) is 94.0 Å². The van der Waals surface area contributed by atoms with Crippen LogP contribution in [0.3, 0.4) is 0 Å². The van der Waals surface area contributed by atoms with Crippen molar-refractivity contribution in [3.8, 4) is 5.75 Å². The van der Waals surface area contributed by atoms with Crippen LogP contribution in [0.2, 0.25) is 5.02 Å². The zero-order valence-corrected chi connectivity index (χ0v) is 23.8. The lowest BCUT2D eigenvalue weighted by Crippen LogP contribution is -2.29. The van der Waals surface area contributed by atoms with Crippen LogP contribution in [0.5, 0.6) is 5.75 Å². The average Bonchev–Trinajstić information content (AvgIpc) is 3.18. The molecule has 1 unspecified atom stereocenters. The number of anilines is 2. The highest BCUT2D eigenvalue weighted by Gasteiger charge is 2.47. The number of hydrogen-bond donors (Lipinski definition) is 1. The summed E-state index contributed by atoms with van der Waals surface area (Å²) >= 11 is 6.26. The van der Waals surface area contributed by atoms with Gasteiger partial charge in [0.15, 0.2) is 0 Å². The van der Waals surface area contributed by atoms with Gasteiger partial charge >= 0.3 is 0 Å². The molecule has 1 atom stereocenters. The minimum absolute atomic E-state index is 0.0332. The van der Waals surface area contributed by atoms with Crippen LogP contribution in [0.15, 0.2) is 72.3 Å². The lowest BCUT2D eigenvalue weighted by Gasteiger charge is -2.27. The Bertz CT molecular complexity index is 1390. The molecule has 1 fully saturated rings. The minimum atomic E-state index is -0.827. The minimum Gasteiger partial charge on any atom is -0.507 e. The number of aryl methyl sites for hydroxylation is 1. The molecule has 1 heterocycles. The number of ether oxygens (including phenoxy) is 1. The van der Waals surface area contributed by atoms with Crippen molar-refractivity contribution in [1.82, 2.24) is 0 Å². The molecule has 0 radical (unpaired) electrons. The van der Waals surface area contributed by atoms with Crippen LogP contribution in [0, 0.1) is 12.8 Å². The van der Waals surface area contributed by atoms with E-state index in [-0.39, 0.29) is 11.3 Å². The third-order valence-electron chi connectivity index (χ3n) is 6.89. The maximum Gasteiger partial charge on any atom is 0.300 e. The number of carbonyl (C=O) groups is 2. The van der Waals surface area contributed by atoms with Gasteiger partial charge in [-0.3, -0.25) is 14.5 Å². The summed E-state index contributed by atoms with van der Waals surface area (Å²) in [5.41, 5.74) is 3.53. The number of halogens is 1. The summed E-state index contributed by atoms with van der Waals surface area (Å²) in [6.45, 7) is 12.5. The van der Waals surface area contributed by atoms with Gasteiger partial charge in [-0.25, -0.2) is 0 Å². The molecule has 0 bridgehead atoms. The zero-order chi connectivity index (χ0) is 28.3. The molecule has 39 heavy (non-hydrogen) atoms. The van der Waals surface area contributed by atoms with Crippen molar-refractivity contribution < 1.29 is 19.4 Å². The number of aliphatic hydroxyl groups is 1. The number of ketones is 1. The number of aliphatic hydroxyl groups excluding tert-OH is 1. The Balaban J connectivity index is 1.84. The monoisotopic (exact) mass is 546 g/mol. The summed E-state index contributed by atoms with van der Waals surface area (Å²) in [4.78, 5) is 30.6. The molecule has 3 aromatic carbocycles. The molecule has 6 nitrogen and oxygen atoms in total. The maximum atomic E-state index is 13.5. The van der Waals surface area contributed by atoms with Gasteiger partial charge in [-0.05, 0) is 86.3 Å². The van der Waals surface area contributed by atoms with Crippen molar-refractivity contribution in [1.29, 1.82) is 0 Å². The SMILES string of the molecule is CCN(CC)c1ccc(C2/C(=C(\O)c3ccc(OCC(C)C)c(C)c3)C(=O)C(=O)N2c2cccc(Cl)c2)cc1. The van der Waals surface area contributed by atoms with Gasteiger partial charge in [-0.15, -0.1) is 0 Å². The van der Waals surface area contributed by atoms with Gasteiger partial charge in [0.05, 0.1) is 18.2 Å². The lowest BCUT2D eigenvalue weighted by atomic mass is 9.94. The summed E-state index contributed by atoms with van der Waals surface area (Å²) in [5.74, 6) is -0.612. The Kier molecular flexibility index (Phi) is 8.66. The maximum absolute atomic E-state index is 13.5. The fourth-order valence-electron chi connectivity index (χ4n) is 4.87. The van der Waals surface area contributed by atoms with Crippen LogP contribution in [-0.2, 0) is 9.59 Å². The van der Waals surface area contributed by atoms with Crippen LogP contribution in [0.1, 0.15) is 50.4 Å². The van der Waals surface area contributed by atoms with Gasteiger partial charge in [0, 0.05) is 35.1 Å². The lowest BCUT2D eigenvalue weighted by molar-refractivity contribution is -0.132. The molecule has 0 aliphatic carbocycles. The van der Waals surface area contributed by atoms with Crippen molar-refractivity contribution in [2.45, 2.75) is 40.7 Å². The van der Waals surface area contributed by atoms with E-state index in [0.29, 0.717) is 40.1 Å². The normalized spacial score (nSPS) is 16.7. The third kappa shape index (κ3) is 5.81. The van der Waals surface area contributed by atoms with E-state index in [1.165, 1.54) is 4.90 Å². The van der Waals surface area contributed by atoms with Gasteiger partial charge in [-0.2, -0.15) is 0 Å². The average molecular weight is 547 g/mol. The van der Waals surface area contributed by atoms with E-state index in [1.807, 2.05) is 31.2 Å². The van der Waals surface area contributed by atoms with E-state index in [9.17, 15) is 14.7 Å². The fraction of sp³-hybridized carbons (Fsp3) is 0.312. The first kappa shape index (κ1) is 28.2. The van der Waals surface area contributed by atoms with E-state index < -0.39 is 17.7 Å². The summed E-state index contributed by atoms with van der Waals surface area (Å²) < 4.78 is 5.88. The molecule has 0 spiro atoms. The Morgan fingerprint density at radius 3 is 2.31 bits per heavy atom. The Morgan fingerprint density at radius 2 is 1.72 bits per heavy atom. The highest BCUT2D eigenvalue weighted by atomic mass is 35.5. The van der Waals surface area contributed by atoms with Gasteiger partial charge < -0.3 is 14.7 Å². The Labute approximate surface area is 235 Å². The highest BCUT2D eigenvalue weighted by Crippen LogP contribution is 2.43. The Hall–Kier alpha value is -3.77. The van der Waals surface area contributed by atoms with Crippen molar-refractivity contribution >= 4 is 40.4 Å². The quantitative estimate of drug-likeness (QED) is 0.175. The molecule has 1 aliphatic heterocycles. The van der Waals surface area contributed by atoms with Crippen molar-refractivity contribution in [2.75, 3.05) is 29.5 Å². The molecular weight excluding hydrogens is 512 g/mol. The fourth-order valence-corrected chi connectivity index (χ4v) is 5.05. The third-order valence-corrected chi connectivity index (χ3v) is 7.12. The topological polar surface area (TPSA) is 70.1 Å². The molecule has 1 N–H and O–H groups in total. The summed E-state index contributed by atoms with van der Waals surface area (Å²) in [7, 11) is 0. The molecule has 4 rings (SSSR count). The van der Waals surface area contributed by atoms with Crippen LogP contribution in [0.4, 0.5) is 11.4 Å². The van der Waals surface area contributed by atoms with Gasteiger partial charge in [-0.1, -0.05) is 43.6 Å². The molecule has 204 valence electrons. The zero-order valence-electron chi connectivity index (χ0n) is 23.1. The van der Waals surface area contributed by atoms with Crippen molar-refractivity contribution in [3.63, 3.8) is 0 Å².